The van der Waals surface area contributed by atoms with Gasteiger partial charge in [0, 0.05) is 24.5 Å². The Morgan fingerprint density at radius 3 is 2.35 bits per heavy atom. The van der Waals surface area contributed by atoms with Gasteiger partial charge in [-0.2, -0.15) is 0 Å². The average Bonchev–Trinajstić information content (AvgIpc) is 2.48. The van der Waals surface area contributed by atoms with Crippen molar-refractivity contribution in [1.82, 2.24) is 10.3 Å². The highest BCUT2D eigenvalue weighted by molar-refractivity contribution is 6.42. The van der Waals surface area contributed by atoms with E-state index in [1.807, 2.05) is 42.7 Å². The van der Waals surface area contributed by atoms with E-state index < -0.39 is 0 Å². The minimum Gasteiger partial charge on any atom is -0.303 e. The summed E-state index contributed by atoms with van der Waals surface area (Å²) in [5, 5.41) is 4.80. The molecule has 2 atom stereocenters. The molecule has 20 heavy (non-hydrogen) atoms. The number of pyridine rings is 1. The lowest BCUT2D eigenvalue weighted by Gasteiger charge is -2.23. The molecule has 0 amide bonds. The lowest BCUT2D eigenvalue weighted by molar-refractivity contribution is 0.456. The second kappa shape index (κ2) is 7.07. The van der Waals surface area contributed by atoms with E-state index in [0.29, 0.717) is 10.0 Å². The molecule has 106 valence electrons. The van der Waals surface area contributed by atoms with Crippen molar-refractivity contribution in [2.45, 2.75) is 32.4 Å². The van der Waals surface area contributed by atoms with Gasteiger partial charge in [0.05, 0.1) is 10.0 Å². The van der Waals surface area contributed by atoms with Crippen molar-refractivity contribution >= 4 is 23.2 Å². The molecule has 0 saturated heterocycles. The first kappa shape index (κ1) is 15.3. The van der Waals surface area contributed by atoms with Crippen LogP contribution in [0.15, 0.2) is 42.7 Å². The molecule has 1 aromatic heterocycles. The van der Waals surface area contributed by atoms with Crippen molar-refractivity contribution in [3.8, 4) is 0 Å². The summed E-state index contributed by atoms with van der Waals surface area (Å²) in [6.07, 6.45) is 4.61. The Labute approximate surface area is 130 Å². The third-order valence-electron chi connectivity index (χ3n) is 3.41. The molecule has 4 heteroatoms. The summed E-state index contributed by atoms with van der Waals surface area (Å²) in [4.78, 5) is 4.05. The van der Waals surface area contributed by atoms with E-state index >= 15 is 0 Å². The topological polar surface area (TPSA) is 24.9 Å². The summed E-state index contributed by atoms with van der Waals surface area (Å²) in [7, 11) is 0. The molecule has 0 aliphatic rings. The van der Waals surface area contributed by atoms with E-state index in [1.54, 1.807) is 0 Å². The second-order valence-electron chi connectivity index (χ2n) is 4.80. The SMILES string of the molecule is CCC(NC(C)c1ccncc1)c1ccc(Cl)c(Cl)c1. The first-order valence-corrected chi connectivity index (χ1v) is 7.48. The molecular formula is C16H18Cl2N2. The number of hydrogen-bond donors (Lipinski definition) is 1. The molecule has 0 saturated carbocycles. The van der Waals surface area contributed by atoms with Crippen LogP contribution in [0.5, 0.6) is 0 Å². The van der Waals surface area contributed by atoms with Gasteiger partial charge in [0.15, 0.2) is 0 Å². The summed E-state index contributed by atoms with van der Waals surface area (Å²) in [5.41, 5.74) is 2.38. The number of nitrogens with one attached hydrogen (secondary N) is 1. The Morgan fingerprint density at radius 1 is 1.05 bits per heavy atom. The van der Waals surface area contributed by atoms with E-state index in [9.17, 15) is 0 Å². The highest BCUT2D eigenvalue weighted by Crippen LogP contribution is 2.28. The average molecular weight is 309 g/mol. The van der Waals surface area contributed by atoms with E-state index in [0.717, 1.165) is 12.0 Å². The van der Waals surface area contributed by atoms with E-state index in [-0.39, 0.29) is 12.1 Å². The van der Waals surface area contributed by atoms with Gasteiger partial charge in [-0.1, -0.05) is 36.2 Å². The van der Waals surface area contributed by atoms with Crippen LogP contribution in [-0.2, 0) is 0 Å². The minimum absolute atomic E-state index is 0.243. The predicted molar refractivity (Wildman–Crippen MR) is 85.3 cm³/mol. The summed E-state index contributed by atoms with van der Waals surface area (Å²) in [6, 6.07) is 10.4. The molecule has 1 heterocycles. The van der Waals surface area contributed by atoms with Crippen LogP contribution >= 0.6 is 23.2 Å². The second-order valence-corrected chi connectivity index (χ2v) is 5.62. The van der Waals surface area contributed by atoms with Crippen molar-refractivity contribution in [2.24, 2.45) is 0 Å². The number of halogens is 2. The number of aromatic nitrogens is 1. The van der Waals surface area contributed by atoms with E-state index in [1.165, 1.54) is 5.56 Å². The third kappa shape index (κ3) is 3.72. The molecule has 1 N–H and O–H groups in total. The van der Waals surface area contributed by atoms with Gasteiger partial charge in [-0.3, -0.25) is 4.98 Å². The highest BCUT2D eigenvalue weighted by Gasteiger charge is 2.14. The summed E-state index contributed by atoms with van der Waals surface area (Å²) >= 11 is 12.1. The van der Waals surface area contributed by atoms with Crippen molar-refractivity contribution in [3.63, 3.8) is 0 Å². The number of nitrogens with zero attached hydrogens (tertiary/aromatic N) is 1. The first-order valence-electron chi connectivity index (χ1n) is 6.72. The quantitative estimate of drug-likeness (QED) is 0.822. The zero-order valence-electron chi connectivity index (χ0n) is 11.6. The number of benzene rings is 1. The molecule has 0 aliphatic carbocycles. The van der Waals surface area contributed by atoms with Crippen LogP contribution in [0.4, 0.5) is 0 Å². The number of hydrogen-bond acceptors (Lipinski definition) is 2. The Bertz CT molecular complexity index is 558. The fourth-order valence-corrected chi connectivity index (χ4v) is 2.54. The van der Waals surface area contributed by atoms with Crippen molar-refractivity contribution in [3.05, 3.63) is 63.9 Å². The predicted octanol–water partition coefficient (Wildman–Crippen LogP) is 5.19. The van der Waals surface area contributed by atoms with Gasteiger partial charge < -0.3 is 5.32 Å². The molecule has 2 unspecified atom stereocenters. The maximum atomic E-state index is 6.10. The Balaban J connectivity index is 2.14. The van der Waals surface area contributed by atoms with Crippen LogP contribution in [0.2, 0.25) is 10.0 Å². The van der Waals surface area contributed by atoms with Gasteiger partial charge in [-0.05, 0) is 48.7 Å². The van der Waals surface area contributed by atoms with Crippen LogP contribution in [0, 0.1) is 0 Å². The molecule has 2 rings (SSSR count). The Morgan fingerprint density at radius 2 is 1.75 bits per heavy atom. The van der Waals surface area contributed by atoms with Crippen LogP contribution < -0.4 is 5.32 Å². The minimum atomic E-state index is 0.243. The summed E-state index contributed by atoms with van der Waals surface area (Å²) in [5.74, 6) is 0. The smallest absolute Gasteiger partial charge is 0.0595 e. The number of rotatable bonds is 5. The van der Waals surface area contributed by atoms with Gasteiger partial charge in [0.2, 0.25) is 0 Å². The molecule has 2 nitrogen and oxygen atoms in total. The largest absolute Gasteiger partial charge is 0.303 e. The van der Waals surface area contributed by atoms with Gasteiger partial charge in [0.25, 0.3) is 0 Å². The zero-order valence-corrected chi connectivity index (χ0v) is 13.1. The summed E-state index contributed by atoms with van der Waals surface area (Å²) < 4.78 is 0. The Kier molecular flexibility index (Phi) is 5.41. The van der Waals surface area contributed by atoms with Gasteiger partial charge in [0.1, 0.15) is 0 Å². The maximum absolute atomic E-state index is 6.10. The lowest BCUT2D eigenvalue weighted by atomic mass is 10.0. The molecule has 0 radical (unpaired) electrons. The van der Waals surface area contributed by atoms with Crippen molar-refractivity contribution in [2.75, 3.05) is 0 Å². The van der Waals surface area contributed by atoms with Crippen molar-refractivity contribution < 1.29 is 0 Å². The van der Waals surface area contributed by atoms with E-state index in [4.69, 9.17) is 23.2 Å². The molecule has 2 aromatic rings. The van der Waals surface area contributed by atoms with Crippen LogP contribution in [0.3, 0.4) is 0 Å². The van der Waals surface area contributed by atoms with E-state index in [2.05, 4.69) is 24.1 Å². The monoisotopic (exact) mass is 308 g/mol. The molecule has 1 aromatic carbocycles. The molecule has 0 aliphatic heterocycles. The normalized spacial score (nSPS) is 14.0. The summed E-state index contributed by atoms with van der Waals surface area (Å²) in [6.45, 7) is 4.30. The fraction of sp³-hybridized carbons (Fsp3) is 0.312. The van der Waals surface area contributed by atoms with Gasteiger partial charge in [-0.15, -0.1) is 0 Å². The molecule has 0 bridgehead atoms. The van der Waals surface area contributed by atoms with Gasteiger partial charge in [-0.25, -0.2) is 0 Å². The molecule has 0 fully saturated rings. The maximum Gasteiger partial charge on any atom is 0.0595 e. The highest BCUT2D eigenvalue weighted by atomic mass is 35.5. The first-order chi connectivity index (χ1) is 9.61. The fourth-order valence-electron chi connectivity index (χ4n) is 2.23. The van der Waals surface area contributed by atoms with Gasteiger partial charge >= 0.3 is 0 Å². The zero-order chi connectivity index (χ0) is 14.5. The Hall–Kier alpha value is -1.09. The van der Waals surface area contributed by atoms with Crippen molar-refractivity contribution in [1.29, 1.82) is 0 Å². The molecule has 0 spiro atoms. The third-order valence-corrected chi connectivity index (χ3v) is 4.15. The van der Waals surface area contributed by atoms with Crippen LogP contribution in [0.25, 0.3) is 0 Å². The molecular weight excluding hydrogens is 291 g/mol. The lowest BCUT2D eigenvalue weighted by Crippen LogP contribution is -2.24. The van der Waals surface area contributed by atoms with Crippen LogP contribution in [0.1, 0.15) is 43.5 Å². The van der Waals surface area contributed by atoms with Crippen LogP contribution in [-0.4, -0.2) is 4.98 Å². The standard InChI is InChI=1S/C16H18Cl2N2/c1-3-16(13-4-5-14(17)15(18)10-13)20-11(2)12-6-8-19-9-7-12/h4-11,16,20H,3H2,1-2H3.